The van der Waals surface area contributed by atoms with Crippen LogP contribution in [0, 0.1) is 0 Å². The van der Waals surface area contributed by atoms with Crippen molar-refractivity contribution in [3.8, 4) is 0 Å². The highest BCUT2D eigenvalue weighted by Gasteiger charge is 2.17. The molecule has 136 valence electrons. The molecule has 0 fully saturated rings. The number of rotatable bonds is 8. The van der Waals surface area contributed by atoms with Crippen molar-refractivity contribution in [1.82, 2.24) is 15.0 Å². The zero-order valence-corrected chi connectivity index (χ0v) is 14.6. The lowest BCUT2D eigenvalue weighted by Crippen LogP contribution is -2.15. The van der Waals surface area contributed by atoms with Crippen LogP contribution in [0.3, 0.4) is 0 Å². The average Bonchev–Trinajstić information content (AvgIpc) is 2.53. The van der Waals surface area contributed by atoms with E-state index in [2.05, 4.69) is 24.5 Å². The van der Waals surface area contributed by atoms with E-state index in [0.717, 1.165) is 0 Å². The van der Waals surface area contributed by atoms with Crippen molar-refractivity contribution >= 4 is 49.4 Å². The number of nitrogens with two attached hydrogens (primary N) is 1. The Balaban J connectivity index is 2.18. The van der Waals surface area contributed by atoms with Crippen molar-refractivity contribution in [1.29, 1.82) is 0 Å². The summed E-state index contributed by atoms with van der Waals surface area (Å²) in [6.45, 7) is -0.736. The molecule has 1 heterocycles. The second kappa shape index (κ2) is 7.45. The van der Waals surface area contributed by atoms with E-state index in [1.54, 1.807) is 0 Å². The van der Waals surface area contributed by atoms with Crippen LogP contribution in [0.1, 0.15) is 0 Å². The van der Waals surface area contributed by atoms with Crippen molar-refractivity contribution in [2.45, 2.75) is 4.90 Å². The molecule has 2 rings (SSSR count). The Bertz CT molecular complexity index is 1000. The van der Waals surface area contributed by atoms with Crippen LogP contribution in [0.2, 0.25) is 6.70 Å². The molecular formula is C11H12ClN5O6S2. The molecule has 25 heavy (non-hydrogen) atoms. The van der Waals surface area contributed by atoms with Gasteiger partial charge in [-0.15, -0.1) is 0 Å². The zero-order chi connectivity index (χ0) is 19.4. The fourth-order valence-electron chi connectivity index (χ4n) is 1.67. The Morgan fingerprint density at radius 3 is 2.72 bits per heavy atom. The maximum absolute atomic E-state index is 12.2. The van der Waals surface area contributed by atoms with Gasteiger partial charge in [-0.3, -0.25) is 4.55 Å². The second-order valence-corrected chi connectivity index (χ2v) is 8.01. The molecule has 0 aliphatic rings. The van der Waals surface area contributed by atoms with Crippen molar-refractivity contribution in [2.75, 3.05) is 23.4 Å². The Hall–Kier alpha value is -2.06. The molecule has 0 atom stereocenters. The molecule has 0 saturated heterocycles. The quantitative estimate of drug-likeness (QED) is 0.515. The molecule has 0 unspecified atom stereocenters. The van der Waals surface area contributed by atoms with Crippen LogP contribution < -0.4 is 11.0 Å². The fourth-order valence-corrected chi connectivity index (χ4v) is 3.36. The molecule has 0 radical (unpaired) electrons. The van der Waals surface area contributed by atoms with Gasteiger partial charge in [-0.2, -0.15) is 23.4 Å². The molecule has 0 aliphatic heterocycles. The number of sulfone groups is 1. The SMILES string of the molecule is [2H]Nc1nc(Cl)nc(Nc2cccc(S(=O)(=O)CCOS(=O)(=O)O)c2)n1. The van der Waals surface area contributed by atoms with Gasteiger partial charge >= 0.3 is 10.4 Å². The molecule has 4 N–H and O–H groups in total. The molecule has 1 aromatic carbocycles. The maximum Gasteiger partial charge on any atom is 0.397 e. The second-order valence-electron chi connectivity index (χ2n) is 4.47. The molecule has 0 amide bonds. The number of nitrogens with zero attached hydrogens (tertiary/aromatic N) is 3. The van der Waals surface area contributed by atoms with Crippen molar-refractivity contribution < 1.29 is 27.0 Å². The van der Waals surface area contributed by atoms with E-state index < -0.39 is 32.6 Å². The number of nitrogen functional groups attached to an aromatic ring is 1. The number of anilines is 3. The van der Waals surface area contributed by atoms with E-state index in [9.17, 15) is 16.8 Å². The molecule has 1 aromatic heterocycles. The standard InChI is InChI=1S/C11H12ClN5O6S2/c12-9-15-10(13)17-11(16-9)14-7-2-1-3-8(6-7)24(18,19)5-4-23-25(20,21)22/h1-3,6H,4-5H2,(H,20,21,22)(H3,13,14,15,16,17)/i/hD. The fraction of sp³-hybridized carbons (Fsp3) is 0.182. The van der Waals surface area contributed by atoms with Crippen molar-refractivity contribution in [3.05, 3.63) is 29.5 Å². The normalized spacial score (nSPS) is 12.5. The van der Waals surface area contributed by atoms with E-state index in [4.69, 9.17) is 17.6 Å². The van der Waals surface area contributed by atoms with E-state index in [1.165, 1.54) is 24.3 Å². The Kier molecular flexibility index (Phi) is 5.29. The van der Waals surface area contributed by atoms with Gasteiger partial charge in [-0.1, -0.05) is 6.07 Å². The van der Waals surface area contributed by atoms with Crippen LogP contribution in [0.5, 0.6) is 0 Å². The van der Waals surface area contributed by atoms with Gasteiger partial charge in [0.05, 0.1) is 17.3 Å². The Morgan fingerprint density at radius 2 is 2.04 bits per heavy atom. The maximum atomic E-state index is 12.2. The smallest absolute Gasteiger partial charge is 0.368 e. The van der Waals surface area contributed by atoms with Gasteiger partial charge in [0.25, 0.3) is 0 Å². The van der Waals surface area contributed by atoms with E-state index in [0.29, 0.717) is 5.69 Å². The lowest BCUT2D eigenvalue weighted by atomic mass is 10.3. The monoisotopic (exact) mass is 410 g/mol. The van der Waals surface area contributed by atoms with E-state index in [-0.39, 0.29) is 22.1 Å². The average molecular weight is 411 g/mol. The number of nitrogens with one attached hydrogen (secondary N) is 1. The minimum absolute atomic E-state index is 0.0241. The predicted octanol–water partition coefficient (Wildman–Crippen LogP) is 0.444. The third-order valence-corrected chi connectivity index (χ3v) is 4.95. The van der Waals surface area contributed by atoms with Gasteiger partial charge in [0.1, 0.15) is 0 Å². The van der Waals surface area contributed by atoms with Crippen LogP contribution >= 0.6 is 11.6 Å². The predicted molar refractivity (Wildman–Crippen MR) is 88.5 cm³/mol. The summed E-state index contributed by atoms with van der Waals surface area (Å²) in [6.07, 6.45) is 0. The van der Waals surface area contributed by atoms with Crippen LogP contribution in [0.25, 0.3) is 0 Å². The third kappa shape index (κ3) is 6.06. The van der Waals surface area contributed by atoms with Gasteiger partial charge < -0.3 is 11.0 Å². The number of hydrogen-bond acceptors (Lipinski definition) is 10. The highest BCUT2D eigenvalue weighted by Crippen LogP contribution is 2.20. The topological polar surface area (TPSA) is 174 Å². The lowest BCUT2D eigenvalue weighted by molar-refractivity contribution is 0.284. The number of hydrogen-bond donors (Lipinski definition) is 3. The first-order chi connectivity index (χ1) is 12.1. The summed E-state index contributed by atoms with van der Waals surface area (Å²) >= 11 is 5.69. The van der Waals surface area contributed by atoms with Crippen molar-refractivity contribution in [3.63, 3.8) is 0 Å². The van der Waals surface area contributed by atoms with Crippen LogP contribution in [-0.4, -0.2) is 48.7 Å². The Morgan fingerprint density at radius 1 is 1.28 bits per heavy atom. The highest BCUT2D eigenvalue weighted by atomic mass is 35.5. The molecule has 0 bridgehead atoms. The summed E-state index contributed by atoms with van der Waals surface area (Å²) in [6, 6.07) is 5.52. The zero-order valence-electron chi connectivity index (χ0n) is 13.2. The lowest BCUT2D eigenvalue weighted by Gasteiger charge is -2.08. The van der Waals surface area contributed by atoms with E-state index >= 15 is 0 Å². The summed E-state index contributed by atoms with van der Waals surface area (Å²) < 4.78 is 64.8. The molecule has 0 spiro atoms. The van der Waals surface area contributed by atoms with Gasteiger partial charge in [0, 0.05) is 5.69 Å². The Labute approximate surface area is 149 Å². The first-order valence-electron chi connectivity index (χ1n) is 6.90. The van der Waals surface area contributed by atoms with Crippen LogP contribution in [0.4, 0.5) is 17.6 Å². The molecule has 14 heteroatoms. The molecule has 0 aliphatic carbocycles. The third-order valence-electron chi connectivity index (χ3n) is 2.64. The minimum atomic E-state index is -4.72. The summed E-state index contributed by atoms with van der Waals surface area (Å²) in [5.41, 5.74) is 2.24. The number of halogens is 1. The summed E-state index contributed by atoms with van der Waals surface area (Å²) in [5, 5.41) is 2.53. The summed E-state index contributed by atoms with van der Waals surface area (Å²) in [7, 11) is -8.60. The molecule has 11 nitrogen and oxygen atoms in total. The first-order valence-corrected chi connectivity index (χ1v) is 9.79. The van der Waals surface area contributed by atoms with Gasteiger partial charge in [-0.25, -0.2) is 12.6 Å². The molecule has 2 aromatic rings. The first kappa shape index (κ1) is 17.8. The molecule has 0 saturated carbocycles. The molecular weight excluding hydrogens is 398 g/mol. The highest BCUT2D eigenvalue weighted by molar-refractivity contribution is 7.91. The van der Waals surface area contributed by atoms with Gasteiger partial charge in [0.15, 0.2) is 11.2 Å². The van der Waals surface area contributed by atoms with Crippen LogP contribution in [0.15, 0.2) is 29.2 Å². The largest absolute Gasteiger partial charge is 0.397 e. The number of aromatic nitrogens is 3. The van der Waals surface area contributed by atoms with Crippen molar-refractivity contribution in [2.24, 2.45) is 0 Å². The minimum Gasteiger partial charge on any atom is -0.368 e. The summed E-state index contributed by atoms with van der Waals surface area (Å²) in [5.74, 6) is -0.802. The van der Waals surface area contributed by atoms with E-state index in [1.807, 2.05) is 5.73 Å². The van der Waals surface area contributed by atoms with Gasteiger partial charge in [0.2, 0.25) is 17.2 Å². The number of benzene rings is 1. The summed E-state index contributed by atoms with van der Waals surface area (Å²) in [4.78, 5) is 11.1. The van der Waals surface area contributed by atoms with Crippen LogP contribution in [-0.2, 0) is 24.4 Å². The van der Waals surface area contributed by atoms with Gasteiger partial charge in [-0.05, 0) is 29.8 Å².